The highest BCUT2D eigenvalue weighted by molar-refractivity contribution is 7.89. The third kappa shape index (κ3) is 2.94. The molecule has 102 valence electrons. The Kier molecular flexibility index (Phi) is 3.59. The van der Waals surface area contributed by atoms with E-state index < -0.39 is 10.0 Å². The number of benzene rings is 1. The van der Waals surface area contributed by atoms with E-state index in [0.29, 0.717) is 22.9 Å². The third-order valence-electron chi connectivity index (χ3n) is 2.70. The van der Waals surface area contributed by atoms with Crippen LogP contribution >= 0.6 is 0 Å². The van der Waals surface area contributed by atoms with E-state index >= 15 is 0 Å². The van der Waals surface area contributed by atoms with Gasteiger partial charge in [0.15, 0.2) is 0 Å². The lowest BCUT2D eigenvalue weighted by Crippen LogP contribution is -2.24. The van der Waals surface area contributed by atoms with Crippen LogP contribution in [-0.4, -0.2) is 13.4 Å². The van der Waals surface area contributed by atoms with Gasteiger partial charge in [-0.25, -0.2) is 18.1 Å². The largest absolute Gasteiger partial charge is 0.445 e. The first kappa shape index (κ1) is 13.6. The minimum atomic E-state index is -3.63. The molecule has 2 rings (SSSR count). The summed E-state index contributed by atoms with van der Waals surface area (Å²) in [6.07, 6.45) is 1.54. The Balaban J connectivity index is 2.21. The van der Waals surface area contributed by atoms with E-state index in [2.05, 4.69) is 9.71 Å². The van der Waals surface area contributed by atoms with Gasteiger partial charge in [-0.2, -0.15) is 0 Å². The van der Waals surface area contributed by atoms with Crippen molar-refractivity contribution in [1.29, 1.82) is 0 Å². The zero-order chi connectivity index (χ0) is 14.0. The van der Waals surface area contributed by atoms with E-state index in [4.69, 9.17) is 10.2 Å². The molecule has 0 aliphatic carbocycles. The van der Waals surface area contributed by atoms with Gasteiger partial charge < -0.3 is 10.2 Å². The lowest BCUT2D eigenvalue weighted by atomic mass is 10.2. The van der Waals surface area contributed by atoms with Crippen LogP contribution in [0.2, 0.25) is 0 Å². The molecule has 0 aliphatic heterocycles. The molecule has 0 aliphatic rings. The molecular formula is C12H15N3O3S. The van der Waals surface area contributed by atoms with Crippen molar-refractivity contribution >= 4 is 15.7 Å². The number of nitrogen functional groups attached to an aromatic ring is 1. The van der Waals surface area contributed by atoms with Crippen molar-refractivity contribution in [3.05, 3.63) is 41.6 Å². The Morgan fingerprint density at radius 1 is 1.37 bits per heavy atom. The maximum Gasteiger partial charge on any atom is 0.241 e. The van der Waals surface area contributed by atoms with Crippen molar-refractivity contribution in [2.45, 2.75) is 25.3 Å². The number of nitrogens with zero attached hydrogens (tertiary/aromatic N) is 1. The Bertz CT molecular complexity index is 692. The summed E-state index contributed by atoms with van der Waals surface area (Å²) in [5, 5.41) is 0. The first-order chi connectivity index (χ1) is 8.90. The molecule has 0 spiro atoms. The SMILES string of the molecule is Cc1cnc(CNS(=O)(=O)c2cccc(N)c2C)o1. The van der Waals surface area contributed by atoms with Crippen LogP contribution in [-0.2, 0) is 16.6 Å². The molecule has 19 heavy (non-hydrogen) atoms. The number of aromatic nitrogens is 1. The Morgan fingerprint density at radius 3 is 2.74 bits per heavy atom. The minimum Gasteiger partial charge on any atom is -0.445 e. The summed E-state index contributed by atoms with van der Waals surface area (Å²) in [4.78, 5) is 4.10. The highest BCUT2D eigenvalue weighted by atomic mass is 32.2. The Hall–Kier alpha value is -1.86. The maximum absolute atomic E-state index is 12.1. The van der Waals surface area contributed by atoms with E-state index in [-0.39, 0.29) is 11.4 Å². The molecule has 0 atom stereocenters. The average molecular weight is 281 g/mol. The van der Waals surface area contributed by atoms with Gasteiger partial charge in [-0.1, -0.05) is 6.07 Å². The molecule has 7 heteroatoms. The van der Waals surface area contributed by atoms with E-state index in [1.165, 1.54) is 12.3 Å². The Morgan fingerprint density at radius 2 is 2.11 bits per heavy atom. The second kappa shape index (κ2) is 5.02. The molecule has 0 saturated heterocycles. The molecule has 3 N–H and O–H groups in total. The van der Waals surface area contributed by atoms with Crippen molar-refractivity contribution in [3.8, 4) is 0 Å². The van der Waals surface area contributed by atoms with E-state index in [9.17, 15) is 8.42 Å². The predicted octanol–water partition coefficient (Wildman–Crippen LogP) is 1.35. The second-order valence-electron chi connectivity index (χ2n) is 4.16. The van der Waals surface area contributed by atoms with Gasteiger partial charge >= 0.3 is 0 Å². The topological polar surface area (TPSA) is 98.2 Å². The van der Waals surface area contributed by atoms with E-state index in [1.807, 2.05) is 0 Å². The van der Waals surface area contributed by atoms with Crippen LogP contribution in [0.3, 0.4) is 0 Å². The number of nitrogens with one attached hydrogen (secondary N) is 1. The molecule has 0 amide bonds. The van der Waals surface area contributed by atoms with Gasteiger partial charge in [0.2, 0.25) is 15.9 Å². The monoisotopic (exact) mass is 281 g/mol. The van der Waals surface area contributed by atoms with E-state index in [1.54, 1.807) is 26.0 Å². The second-order valence-corrected chi connectivity index (χ2v) is 5.89. The lowest BCUT2D eigenvalue weighted by Gasteiger charge is -2.09. The lowest BCUT2D eigenvalue weighted by molar-refractivity contribution is 0.463. The molecule has 6 nitrogen and oxygen atoms in total. The molecule has 1 heterocycles. The van der Waals surface area contributed by atoms with Crippen LogP contribution in [0, 0.1) is 13.8 Å². The first-order valence-electron chi connectivity index (χ1n) is 5.66. The molecule has 0 radical (unpaired) electrons. The van der Waals surface area contributed by atoms with Crippen molar-refractivity contribution in [1.82, 2.24) is 9.71 Å². The normalized spacial score (nSPS) is 11.7. The van der Waals surface area contributed by atoms with Crippen molar-refractivity contribution < 1.29 is 12.8 Å². The maximum atomic E-state index is 12.1. The average Bonchev–Trinajstić information content (AvgIpc) is 2.76. The smallest absolute Gasteiger partial charge is 0.241 e. The van der Waals surface area contributed by atoms with Gasteiger partial charge in [0.05, 0.1) is 17.6 Å². The predicted molar refractivity (Wildman–Crippen MR) is 70.9 cm³/mol. The number of rotatable bonds is 4. The van der Waals surface area contributed by atoms with Gasteiger partial charge in [0.1, 0.15) is 5.76 Å². The fourth-order valence-corrected chi connectivity index (χ4v) is 2.89. The summed E-state index contributed by atoms with van der Waals surface area (Å²) in [5.41, 5.74) is 6.67. The highest BCUT2D eigenvalue weighted by Gasteiger charge is 2.18. The summed E-state index contributed by atoms with van der Waals surface area (Å²) in [6.45, 7) is 3.41. The third-order valence-corrected chi connectivity index (χ3v) is 4.24. The molecule has 2 aromatic rings. The molecule has 1 aromatic heterocycles. The van der Waals surface area contributed by atoms with Crippen LogP contribution in [0.4, 0.5) is 5.69 Å². The van der Waals surface area contributed by atoms with Gasteiger partial charge in [0.25, 0.3) is 0 Å². The molecule has 1 aromatic carbocycles. The number of aryl methyl sites for hydroxylation is 1. The summed E-state index contributed by atoms with van der Waals surface area (Å²) in [5.74, 6) is 0.956. The van der Waals surface area contributed by atoms with Gasteiger partial charge in [-0.05, 0) is 31.5 Å². The standard InChI is InChI=1S/C12H15N3O3S/c1-8-6-14-12(18-8)7-15-19(16,17)11-5-3-4-10(13)9(11)2/h3-6,15H,7,13H2,1-2H3. The fourth-order valence-electron chi connectivity index (χ4n) is 1.64. The van der Waals surface area contributed by atoms with Crippen LogP contribution in [0.15, 0.2) is 33.7 Å². The zero-order valence-electron chi connectivity index (χ0n) is 10.7. The number of anilines is 1. The first-order valence-corrected chi connectivity index (χ1v) is 7.14. The number of hydrogen-bond acceptors (Lipinski definition) is 5. The number of oxazole rings is 1. The van der Waals surface area contributed by atoms with Gasteiger partial charge in [0, 0.05) is 5.69 Å². The summed E-state index contributed by atoms with van der Waals surface area (Å²) in [7, 11) is -3.63. The summed E-state index contributed by atoms with van der Waals surface area (Å²) in [6, 6.07) is 4.77. The van der Waals surface area contributed by atoms with Crippen LogP contribution in [0.5, 0.6) is 0 Å². The van der Waals surface area contributed by atoms with Crippen molar-refractivity contribution in [2.75, 3.05) is 5.73 Å². The quantitative estimate of drug-likeness (QED) is 0.824. The molecule has 0 unspecified atom stereocenters. The molecule has 0 bridgehead atoms. The van der Waals surface area contributed by atoms with Gasteiger partial charge in [-0.15, -0.1) is 0 Å². The van der Waals surface area contributed by atoms with Crippen LogP contribution in [0.25, 0.3) is 0 Å². The molecular weight excluding hydrogens is 266 g/mol. The van der Waals surface area contributed by atoms with Crippen LogP contribution < -0.4 is 10.5 Å². The number of hydrogen-bond donors (Lipinski definition) is 2. The highest BCUT2D eigenvalue weighted by Crippen LogP contribution is 2.20. The van der Waals surface area contributed by atoms with E-state index in [0.717, 1.165) is 0 Å². The zero-order valence-corrected chi connectivity index (χ0v) is 11.5. The van der Waals surface area contributed by atoms with Crippen LogP contribution in [0.1, 0.15) is 17.2 Å². The minimum absolute atomic E-state index is 0.00438. The van der Waals surface area contributed by atoms with Gasteiger partial charge in [-0.3, -0.25) is 0 Å². The molecule has 0 saturated carbocycles. The molecule has 0 fully saturated rings. The number of sulfonamides is 1. The van der Waals surface area contributed by atoms with Crippen molar-refractivity contribution in [3.63, 3.8) is 0 Å². The fraction of sp³-hybridized carbons (Fsp3) is 0.250. The Labute approximate surface area is 111 Å². The number of nitrogens with two attached hydrogens (primary N) is 1. The summed E-state index contributed by atoms with van der Waals surface area (Å²) < 4.78 is 31.9. The van der Waals surface area contributed by atoms with Crippen molar-refractivity contribution in [2.24, 2.45) is 0 Å². The summed E-state index contributed by atoms with van der Waals surface area (Å²) >= 11 is 0.